The number of hydrogen-bond donors (Lipinski definition) is 0. The van der Waals surface area contributed by atoms with Crippen LogP contribution in [0.5, 0.6) is 0 Å². The molecule has 0 aromatic rings. The van der Waals surface area contributed by atoms with E-state index in [1.165, 1.54) is 0 Å². The maximum Gasteiger partial charge on any atom is 2.00 e. The van der Waals surface area contributed by atoms with Gasteiger partial charge in [0, 0.05) is 20.8 Å². The number of hydrogen-bond acceptors (Lipinski definition) is 8. The van der Waals surface area contributed by atoms with Gasteiger partial charge in [0.1, 0.15) is 0 Å². The minimum Gasteiger partial charge on any atom is -0.759 e. The molecule has 0 atom stereocenters. The summed E-state index contributed by atoms with van der Waals surface area (Å²) in [7, 11) is -10.3. The molecular formula is O8Pb2S2. The monoisotopic (exact) mass is 608 g/mol. The first kappa shape index (κ1) is 23.4. The van der Waals surface area contributed by atoms with Crippen LogP contribution in [0.1, 0.15) is 0 Å². The largest absolute Gasteiger partial charge is 2.00 e. The van der Waals surface area contributed by atoms with Crippen molar-refractivity contribution in [3.8, 4) is 0 Å². The van der Waals surface area contributed by atoms with Gasteiger partial charge in [-0.1, -0.05) is 0 Å². The van der Waals surface area contributed by atoms with Gasteiger partial charge in [0.25, 0.3) is 0 Å². The predicted octanol–water partition coefficient (Wildman–Crippen LogP) is -3.44. The molecule has 0 saturated carbocycles. The fourth-order valence-corrected chi connectivity index (χ4v) is 0. The second kappa shape index (κ2) is 9.15. The molecule has 0 aliphatic rings. The fraction of sp³-hybridized carbons (Fsp3) is 0. The van der Waals surface area contributed by atoms with Gasteiger partial charge in [-0.15, -0.1) is 0 Å². The molecule has 0 amide bonds. The van der Waals surface area contributed by atoms with Gasteiger partial charge in [-0.25, -0.2) is 0 Å². The molecule has 0 aliphatic carbocycles. The number of rotatable bonds is 0. The summed E-state index contributed by atoms with van der Waals surface area (Å²) < 4.78 is 68.2. The molecule has 0 N–H and O–H groups in total. The first-order valence-corrected chi connectivity index (χ1v) is 4.00. The van der Waals surface area contributed by atoms with Crippen molar-refractivity contribution in [3.05, 3.63) is 0 Å². The van der Waals surface area contributed by atoms with E-state index < -0.39 is 20.8 Å². The smallest absolute Gasteiger partial charge is 0.759 e. The molecule has 68 valence electrons. The van der Waals surface area contributed by atoms with Crippen LogP contribution in [0.3, 0.4) is 0 Å². The molecule has 0 rings (SSSR count). The summed E-state index contributed by atoms with van der Waals surface area (Å²) in [5, 5.41) is 0. The maximum absolute atomic E-state index is 8.52. The minimum atomic E-state index is -5.17. The average Bonchev–Trinajstić information content (AvgIpc) is 1.12. The zero-order chi connectivity index (χ0) is 9.00. The van der Waals surface area contributed by atoms with Crippen LogP contribution in [0.15, 0.2) is 0 Å². The SMILES string of the molecule is O=S(=O)([O-])[O-].O=S(=O)([O-])[O-].[Pb+2].[Pb+2]. The Morgan fingerprint density at radius 1 is 0.583 bits per heavy atom. The third kappa shape index (κ3) is 517. The summed E-state index contributed by atoms with van der Waals surface area (Å²) in [5.74, 6) is 0. The van der Waals surface area contributed by atoms with Gasteiger partial charge in [0.05, 0.1) is 0 Å². The summed E-state index contributed by atoms with van der Waals surface area (Å²) in [4.78, 5) is 0. The van der Waals surface area contributed by atoms with Gasteiger partial charge < -0.3 is 18.2 Å². The van der Waals surface area contributed by atoms with Crippen molar-refractivity contribution >= 4 is 75.4 Å². The van der Waals surface area contributed by atoms with Gasteiger partial charge in [0.2, 0.25) is 0 Å². The third-order valence-corrected chi connectivity index (χ3v) is 0. The van der Waals surface area contributed by atoms with Crippen molar-refractivity contribution in [2.24, 2.45) is 0 Å². The van der Waals surface area contributed by atoms with Crippen molar-refractivity contribution in [1.82, 2.24) is 0 Å². The van der Waals surface area contributed by atoms with E-state index in [0.29, 0.717) is 0 Å². The zero-order valence-electron chi connectivity index (χ0n) is 5.08. The van der Waals surface area contributed by atoms with Crippen LogP contribution in [-0.4, -0.2) is 89.6 Å². The molecule has 0 saturated heterocycles. The molecule has 0 aromatic heterocycles. The molecule has 12 heteroatoms. The van der Waals surface area contributed by atoms with Crippen molar-refractivity contribution in [2.45, 2.75) is 0 Å². The summed E-state index contributed by atoms with van der Waals surface area (Å²) in [6.45, 7) is 0. The average molecular weight is 607 g/mol. The Kier molecular flexibility index (Phi) is 17.9. The molecule has 12 heavy (non-hydrogen) atoms. The Labute approximate surface area is 109 Å². The Morgan fingerprint density at radius 2 is 0.583 bits per heavy atom. The fourth-order valence-electron chi connectivity index (χ4n) is 0. The molecule has 0 fully saturated rings. The molecule has 0 bridgehead atoms. The summed E-state index contributed by atoms with van der Waals surface area (Å²) in [6.07, 6.45) is 0. The van der Waals surface area contributed by atoms with Crippen LogP contribution in [0.2, 0.25) is 0 Å². The summed E-state index contributed by atoms with van der Waals surface area (Å²) in [5.41, 5.74) is 0. The Balaban J connectivity index is -0.0000000457. The molecular weight excluding hydrogens is 607 g/mol. The van der Waals surface area contributed by atoms with Crippen LogP contribution in [0.25, 0.3) is 0 Å². The van der Waals surface area contributed by atoms with Crippen LogP contribution in [-0.2, 0) is 20.8 Å². The van der Waals surface area contributed by atoms with Gasteiger partial charge in [-0.3, -0.25) is 16.8 Å². The molecule has 0 aliphatic heterocycles. The normalized spacial score (nSPS) is 9.67. The Bertz CT molecular complexity index is 211. The molecule has 8 nitrogen and oxygen atoms in total. The maximum atomic E-state index is 8.52. The van der Waals surface area contributed by atoms with Crippen LogP contribution in [0, 0.1) is 0 Å². The molecule has 0 unspecified atom stereocenters. The quantitative estimate of drug-likeness (QED) is 0.156. The van der Waals surface area contributed by atoms with Crippen molar-refractivity contribution in [1.29, 1.82) is 0 Å². The van der Waals surface area contributed by atoms with E-state index in [-0.39, 0.29) is 54.6 Å². The standard InChI is InChI=1S/2H2O4S.2Pb/c2*1-5(2,3)4;;/h2*(H2,1,2,3,4);;/q;;2*+2/p-4. The molecule has 0 spiro atoms. The third-order valence-electron chi connectivity index (χ3n) is 0. The molecule has 4 radical (unpaired) electrons. The first-order valence-electron chi connectivity index (χ1n) is 1.33. The van der Waals surface area contributed by atoms with Gasteiger partial charge in [0.15, 0.2) is 0 Å². The van der Waals surface area contributed by atoms with Gasteiger partial charge in [-0.05, 0) is 0 Å². The van der Waals surface area contributed by atoms with Crippen LogP contribution in [0.4, 0.5) is 0 Å². The van der Waals surface area contributed by atoms with Crippen LogP contribution >= 0.6 is 0 Å². The van der Waals surface area contributed by atoms with E-state index in [0.717, 1.165) is 0 Å². The van der Waals surface area contributed by atoms with Crippen molar-refractivity contribution in [3.63, 3.8) is 0 Å². The second-order valence-corrected chi connectivity index (χ2v) is 2.45. The molecule has 0 heterocycles. The van der Waals surface area contributed by atoms with Crippen LogP contribution < -0.4 is 0 Å². The van der Waals surface area contributed by atoms with E-state index >= 15 is 0 Å². The van der Waals surface area contributed by atoms with Crippen molar-refractivity contribution in [2.75, 3.05) is 0 Å². The Hall–Kier alpha value is 1.58. The summed E-state index contributed by atoms with van der Waals surface area (Å²) in [6, 6.07) is 0. The first-order chi connectivity index (χ1) is 4.00. The summed E-state index contributed by atoms with van der Waals surface area (Å²) >= 11 is 0. The van der Waals surface area contributed by atoms with E-state index in [1.807, 2.05) is 0 Å². The van der Waals surface area contributed by atoms with E-state index in [2.05, 4.69) is 0 Å². The topological polar surface area (TPSA) is 161 Å². The molecule has 0 aromatic carbocycles. The zero-order valence-corrected chi connectivity index (χ0v) is 14.5. The second-order valence-electron chi connectivity index (χ2n) is 0.816. The van der Waals surface area contributed by atoms with E-state index in [9.17, 15) is 0 Å². The van der Waals surface area contributed by atoms with E-state index in [1.54, 1.807) is 0 Å². The Morgan fingerprint density at radius 3 is 0.583 bits per heavy atom. The van der Waals surface area contributed by atoms with Gasteiger partial charge >= 0.3 is 54.6 Å². The minimum absolute atomic E-state index is 0. The van der Waals surface area contributed by atoms with Crippen molar-refractivity contribution < 1.29 is 35.0 Å². The van der Waals surface area contributed by atoms with Gasteiger partial charge in [-0.2, -0.15) is 0 Å². The predicted molar refractivity (Wildman–Crippen MR) is 32.5 cm³/mol. The van der Waals surface area contributed by atoms with E-state index in [4.69, 9.17) is 35.0 Å².